The van der Waals surface area contributed by atoms with Gasteiger partial charge >= 0.3 is 0 Å². The van der Waals surface area contributed by atoms with Gasteiger partial charge in [-0.15, -0.1) is 0 Å². The van der Waals surface area contributed by atoms with Crippen LogP contribution < -0.4 is 0 Å². The highest BCUT2D eigenvalue weighted by Crippen LogP contribution is 2.63. The van der Waals surface area contributed by atoms with Crippen molar-refractivity contribution in [1.29, 1.82) is 0 Å². The third-order valence-electron chi connectivity index (χ3n) is 16.9. The SMILES string of the molecule is c1cc2ccc3ccc(-c4ccc5c(c4)C4(CCCCC4)c4cc6c(cc4-5)C4(CCCCC4)c4cc(-c5cc7cccc8ccc9cccc5c9c87)ccc4-6)c4ccc(c1)c2c34. The third kappa shape index (κ3) is 4.29. The monoisotopic (exact) mass is 790 g/mol. The molecule has 15 rings (SSSR count). The van der Waals surface area contributed by atoms with Crippen molar-refractivity contribution in [2.24, 2.45) is 0 Å². The van der Waals surface area contributed by atoms with Crippen LogP contribution >= 0.6 is 0 Å². The maximum Gasteiger partial charge on any atom is 0.0215 e. The Morgan fingerprint density at radius 3 is 1.24 bits per heavy atom. The van der Waals surface area contributed by atoms with Crippen molar-refractivity contribution in [2.45, 2.75) is 75.0 Å². The summed E-state index contributed by atoms with van der Waals surface area (Å²) in [5, 5.41) is 16.4. The first-order valence-electron chi connectivity index (χ1n) is 23.5. The van der Waals surface area contributed by atoms with Crippen LogP contribution in [-0.2, 0) is 10.8 Å². The van der Waals surface area contributed by atoms with Crippen LogP contribution in [0.4, 0.5) is 0 Å². The smallest absolute Gasteiger partial charge is 0.0215 e. The minimum Gasteiger partial charge on any atom is -0.0610 e. The molecule has 11 aromatic carbocycles. The fraction of sp³-hybridized carbons (Fsp3) is 0.194. The van der Waals surface area contributed by atoms with Crippen LogP contribution in [0.3, 0.4) is 0 Å². The van der Waals surface area contributed by atoms with Crippen molar-refractivity contribution >= 4 is 64.6 Å². The Bertz CT molecular complexity index is 3680. The zero-order valence-electron chi connectivity index (χ0n) is 35.1. The first kappa shape index (κ1) is 34.1. The van der Waals surface area contributed by atoms with E-state index in [0.29, 0.717) is 0 Å². The van der Waals surface area contributed by atoms with E-state index in [2.05, 4.69) is 158 Å². The predicted octanol–water partition coefficient (Wildman–Crippen LogP) is 17.3. The number of fused-ring (bicyclic) bond motifs is 10. The Labute approximate surface area is 362 Å². The summed E-state index contributed by atoms with van der Waals surface area (Å²) in [5.74, 6) is 0. The Kier molecular flexibility index (Phi) is 6.67. The van der Waals surface area contributed by atoms with Crippen LogP contribution in [0.2, 0.25) is 0 Å². The van der Waals surface area contributed by atoms with Gasteiger partial charge in [-0.2, -0.15) is 0 Å². The van der Waals surface area contributed by atoms with E-state index in [1.807, 2.05) is 0 Å². The van der Waals surface area contributed by atoms with Gasteiger partial charge in [0.25, 0.3) is 0 Å². The molecule has 2 spiro atoms. The standard InChI is InChI=1S/C62H46/c1-3-28-61(29-4-1)53-33-42(45-24-20-41-19-17-37-10-7-11-39-21-27-49(45)60(41)57(37)39)22-25-46(53)51-35-56-52(36-55(51)61)47-26-23-43(34-54(47)62(56)30-5-2-6-31-62)50-32-44-14-8-12-38-16-18-40-13-9-15-48(50)59(40)58(38)44/h7-27,32-36H,1-6,28-31H2. The average molecular weight is 791 g/mol. The zero-order valence-corrected chi connectivity index (χ0v) is 35.1. The van der Waals surface area contributed by atoms with E-state index in [4.69, 9.17) is 0 Å². The molecule has 11 aromatic rings. The van der Waals surface area contributed by atoms with E-state index in [1.165, 1.54) is 173 Å². The topological polar surface area (TPSA) is 0 Å². The van der Waals surface area contributed by atoms with Gasteiger partial charge < -0.3 is 0 Å². The van der Waals surface area contributed by atoms with Gasteiger partial charge in [-0.25, -0.2) is 0 Å². The van der Waals surface area contributed by atoms with Gasteiger partial charge in [0.05, 0.1) is 0 Å². The van der Waals surface area contributed by atoms with E-state index < -0.39 is 0 Å². The molecule has 0 N–H and O–H groups in total. The average Bonchev–Trinajstić information content (AvgIpc) is 3.73. The zero-order chi connectivity index (χ0) is 40.3. The lowest BCUT2D eigenvalue weighted by Crippen LogP contribution is -2.29. The summed E-state index contributed by atoms with van der Waals surface area (Å²) in [4.78, 5) is 0. The molecule has 294 valence electrons. The molecule has 0 saturated heterocycles. The largest absolute Gasteiger partial charge is 0.0610 e. The summed E-state index contributed by atoms with van der Waals surface area (Å²) >= 11 is 0. The molecular weight excluding hydrogens is 745 g/mol. The lowest BCUT2D eigenvalue weighted by Gasteiger charge is -2.37. The number of hydrogen-bond donors (Lipinski definition) is 0. The molecule has 4 aliphatic carbocycles. The van der Waals surface area contributed by atoms with Crippen molar-refractivity contribution in [1.82, 2.24) is 0 Å². The van der Waals surface area contributed by atoms with Crippen LogP contribution in [0.1, 0.15) is 86.5 Å². The molecule has 0 aromatic heterocycles. The molecular formula is C62H46. The van der Waals surface area contributed by atoms with Gasteiger partial charge in [-0.1, -0.05) is 166 Å². The molecule has 0 heterocycles. The minimum absolute atomic E-state index is 0.0528. The number of hydrogen-bond acceptors (Lipinski definition) is 0. The van der Waals surface area contributed by atoms with Gasteiger partial charge in [-0.3, -0.25) is 0 Å². The van der Waals surface area contributed by atoms with Gasteiger partial charge in [-0.05, 0) is 187 Å². The summed E-state index contributed by atoms with van der Waals surface area (Å²) in [6.45, 7) is 0. The van der Waals surface area contributed by atoms with Gasteiger partial charge in [0.15, 0.2) is 0 Å². The molecule has 0 amide bonds. The van der Waals surface area contributed by atoms with Crippen LogP contribution in [0.5, 0.6) is 0 Å². The quantitative estimate of drug-likeness (QED) is 0.153. The van der Waals surface area contributed by atoms with Gasteiger partial charge in [0, 0.05) is 10.8 Å². The highest BCUT2D eigenvalue weighted by Gasteiger charge is 2.49. The predicted molar refractivity (Wildman–Crippen MR) is 263 cm³/mol. The molecule has 4 aliphatic rings. The first-order valence-corrected chi connectivity index (χ1v) is 23.5. The fourth-order valence-corrected chi connectivity index (χ4v) is 14.2. The Balaban J connectivity index is 0.919. The molecule has 62 heavy (non-hydrogen) atoms. The van der Waals surface area contributed by atoms with Crippen molar-refractivity contribution in [3.05, 3.63) is 180 Å². The van der Waals surface area contributed by atoms with Crippen LogP contribution in [0.15, 0.2) is 158 Å². The molecule has 2 fully saturated rings. The minimum atomic E-state index is 0.0528. The van der Waals surface area contributed by atoms with E-state index in [1.54, 1.807) is 22.3 Å². The number of benzene rings is 11. The van der Waals surface area contributed by atoms with Crippen LogP contribution in [0, 0.1) is 0 Å². The van der Waals surface area contributed by atoms with E-state index in [9.17, 15) is 0 Å². The Hall–Kier alpha value is -6.50. The Morgan fingerprint density at radius 1 is 0.258 bits per heavy atom. The summed E-state index contributed by atoms with van der Waals surface area (Å²) in [6, 6.07) is 62.4. The van der Waals surface area contributed by atoms with Crippen molar-refractivity contribution < 1.29 is 0 Å². The summed E-state index contributed by atoms with van der Waals surface area (Å²) < 4.78 is 0. The van der Waals surface area contributed by atoms with Gasteiger partial charge in [0.2, 0.25) is 0 Å². The molecule has 0 nitrogen and oxygen atoms in total. The molecule has 0 heteroatoms. The molecule has 0 unspecified atom stereocenters. The molecule has 0 radical (unpaired) electrons. The maximum atomic E-state index is 2.74. The summed E-state index contributed by atoms with van der Waals surface area (Å²) in [6.07, 6.45) is 12.8. The van der Waals surface area contributed by atoms with Gasteiger partial charge in [0.1, 0.15) is 0 Å². The van der Waals surface area contributed by atoms with E-state index in [0.717, 1.165) is 0 Å². The molecule has 2 saturated carbocycles. The van der Waals surface area contributed by atoms with Crippen LogP contribution in [0.25, 0.3) is 109 Å². The van der Waals surface area contributed by atoms with Crippen molar-refractivity contribution in [3.8, 4) is 44.5 Å². The van der Waals surface area contributed by atoms with Crippen molar-refractivity contribution in [2.75, 3.05) is 0 Å². The normalized spacial score (nSPS) is 17.3. The highest BCUT2D eigenvalue weighted by molar-refractivity contribution is 6.27. The molecule has 0 bridgehead atoms. The highest BCUT2D eigenvalue weighted by atomic mass is 14.5. The lowest BCUT2D eigenvalue weighted by molar-refractivity contribution is 0.350. The third-order valence-corrected chi connectivity index (χ3v) is 16.9. The van der Waals surface area contributed by atoms with Crippen LogP contribution in [-0.4, -0.2) is 0 Å². The first-order chi connectivity index (χ1) is 30.7. The summed E-state index contributed by atoms with van der Waals surface area (Å²) in [7, 11) is 0. The van der Waals surface area contributed by atoms with E-state index >= 15 is 0 Å². The lowest BCUT2D eigenvalue weighted by atomic mass is 9.66. The molecule has 0 aliphatic heterocycles. The Morgan fingerprint density at radius 2 is 0.661 bits per heavy atom. The van der Waals surface area contributed by atoms with Crippen molar-refractivity contribution in [3.63, 3.8) is 0 Å². The molecule has 0 atom stereocenters. The summed E-state index contributed by atoms with van der Waals surface area (Å²) in [5.41, 5.74) is 18.0. The second-order valence-corrected chi connectivity index (χ2v) is 19.7. The second-order valence-electron chi connectivity index (χ2n) is 19.7. The second kappa shape index (κ2) is 12.1. The van der Waals surface area contributed by atoms with E-state index in [-0.39, 0.29) is 10.8 Å². The fourth-order valence-electron chi connectivity index (χ4n) is 14.2. The number of rotatable bonds is 2. The maximum absolute atomic E-state index is 2.74.